The molecule has 1 aliphatic carbocycles. The fourth-order valence-corrected chi connectivity index (χ4v) is 3.53. The van der Waals surface area contributed by atoms with E-state index in [1.54, 1.807) is 0 Å². The molecular formula is C17H22O5. The average molecular weight is 306 g/mol. The normalized spacial score (nSPS) is 43.3. The molecule has 0 radical (unpaired) electrons. The molecule has 5 nitrogen and oxygen atoms in total. The van der Waals surface area contributed by atoms with Crippen molar-refractivity contribution in [3.8, 4) is 0 Å². The third-order valence-electron chi connectivity index (χ3n) is 4.98. The summed E-state index contributed by atoms with van der Waals surface area (Å²) >= 11 is 0. The van der Waals surface area contributed by atoms with Gasteiger partial charge in [-0.05, 0) is 38.7 Å². The molecule has 0 aromatic rings. The third kappa shape index (κ3) is 2.58. The second kappa shape index (κ2) is 5.23. The minimum atomic E-state index is -0.365. The van der Waals surface area contributed by atoms with E-state index in [1.807, 2.05) is 6.92 Å². The summed E-state index contributed by atoms with van der Waals surface area (Å²) in [6.45, 7) is 9.28. The predicted octanol–water partition coefficient (Wildman–Crippen LogP) is 2.30. The van der Waals surface area contributed by atoms with Crippen LogP contribution in [0.15, 0.2) is 23.8 Å². The van der Waals surface area contributed by atoms with Gasteiger partial charge in [0.2, 0.25) is 0 Å². The van der Waals surface area contributed by atoms with Gasteiger partial charge in [-0.3, -0.25) is 4.79 Å². The summed E-state index contributed by atoms with van der Waals surface area (Å²) in [7, 11) is 0. The number of hydrogen-bond donors (Lipinski definition) is 0. The molecule has 2 fully saturated rings. The van der Waals surface area contributed by atoms with Gasteiger partial charge in [0.25, 0.3) is 0 Å². The van der Waals surface area contributed by atoms with Crippen molar-refractivity contribution in [3.63, 3.8) is 0 Å². The summed E-state index contributed by atoms with van der Waals surface area (Å²) < 4.78 is 16.8. The lowest BCUT2D eigenvalue weighted by atomic mass is 9.83. The quantitative estimate of drug-likeness (QED) is 0.322. The zero-order chi connectivity index (χ0) is 16.1. The molecule has 22 heavy (non-hydrogen) atoms. The van der Waals surface area contributed by atoms with Gasteiger partial charge >= 0.3 is 11.9 Å². The van der Waals surface area contributed by atoms with E-state index < -0.39 is 0 Å². The molecule has 3 aliphatic rings. The Balaban J connectivity index is 1.91. The second-order valence-corrected chi connectivity index (χ2v) is 6.67. The molecule has 5 unspecified atom stereocenters. The van der Waals surface area contributed by atoms with E-state index in [0.717, 1.165) is 18.4 Å². The number of hydrogen-bond acceptors (Lipinski definition) is 5. The van der Waals surface area contributed by atoms with Crippen LogP contribution in [0.3, 0.4) is 0 Å². The summed E-state index contributed by atoms with van der Waals surface area (Å²) in [6.07, 6.45) is 3.54. The Hall–Kier alpha value is -1.62. The number of epoxide rings is 1. The Bertz CT molecular complexity index is 563. The number of carbonyl (C=O) groups is 2. The zero-order valence-corrected chi connectivity index (χ0v) is 13.3. The molecule has 0 amide bonds. The van der Waals surface area contributed by atoms with Gasteiger partial charge in [0.05, 0.1) is 5.60 Å². The van der Waals surface area contributed by atoms with Crippen molar-refractivity contribution in [3.05, 3.63) is 23.8 Å². The van der Waals surface area contributed by atoms with Crippen LogP contribution in [0.1, 0.15) is 40.0 Å². The standard InChI is InChI=1S/C17H22O5/c1-9-6-5-7-17(4)15(22-17)14-12(10(2)16(19)21-14)8-13(9)20-11(3)18/h6,12-15H,2,5,7-8H2,1,3-4H3/b9-6-. The molecule has 0 aromatic heterocycles. The van der Waals surface area contributed by atoms with Gasteiger partial charge in [0.15, 0.2) is 0 Å². The van der Waals surface area contributed by atoms with E-state index in [0.29, 0.717) is 12.0 Å². The number of carbonyl (C=O) groups excluding carboxylic acids is 2. The van der Waals surface area contributed by atoms with Crippen LogP contribution in [0, 0.1) is 5.92 Å². The molecule has 5 heteroatoms. The van der Waals surface area contributed by atoms with E-state index in [2.05, 4.69) is 19.6 Å². The number of rotatable bonds is 1. The van der Waals surface area contributed by atoms with Crippen molar-refractivity contribution in [1.82, 2.24) is 0 Å². The van der Waals surface area contributed by atoms with E-state index in [9.17, 15) is 9.59 Å². The third-order valence-corrected chi connectivity index (χ3v) is 4.98. The Morgan fingerprint density at radius 1 is 1.50 bits per heavy atom. The van der Waals surface area contributed by atoms with Gasteiger partial charge in [-0.15, -0.1) is 0 Å². The maximum atomic E-state index is 11.9. The number of ether oxygens (including phenoxy) is 3. The SMILES string of the molecule is C=C1C(=O)OC2C1CC(OC(C)=O)/C(C)=C\CCC1(C)OC21. The maximum absolute atomic E-state index is 11.9. The molecule has 0 spiro atoms. The minimum Gasteiger partial charge on any atom is -0.458 e. The molecule has 0 bridgehead atoms. The smallest absolute Gasteiger partial charge is 0.334 e. The molecule has 0 N–H and O–H groups in total. The van der Waals surface area contributed by atoms with Crippen LogP contribution >= 0.6 is 0 Å². The number of esters is 2. The number of fused-ring (bicyclic) bond motifs is 3. The lowest BCUT2D eigenvalue weighted by Gasteiger charge is -2.25. The van der Waals surface area contributed by atoms with Crippen molar-refractivity contribution < 1.29 is 23.8 Å². The van der Waals surface area contributed by atoms with Gasteiger partial charge in [-0.1, -0.05) is 12.7 Å². The van der Waals surface area contributed by atoms with Crippen molar-refractivity contribution in [2.45, 2.75) is 63.9 Å². The average Bonchev–Trinajstić information content (AvgIpc) is 3.02. The fourth-order valence-electron chi connectivity index (χ4n) is 3.53. The van der Waals surface area contributed by atoms with E-state index in [1.165, 1.54) is 6.92 Å². The first-order valence-corrected chi connectivity index (χ1v) is 7.73. The van der Waals surface area contributed by atoms with Crippen LogP contribution in [0.4, 0.5) is 0 Å². The van der Waals surface area contributed by atoms with Crippen molar-refractivity contribution in [2.75, 3.05) is 0 Å². The molecule has 0 aromatic carbocycles. The van der Waals surface area contributed by atoms with Crippen molar-refractivity contribution >= 4 is 11.9 Å². The second-order valence-electron chi connectivity index (χ2n) is 6.67. The summed E-state index contributed by atoms with van der Waals surface area (Å²) in [4.78, 5) is 23.3. The van der Waals surface area contributed by atoms with Crippen LogP contribution in [0.2, 0.25) is 0 Å². The summed E-state index contributed by atoms with van der Waals surface area (Å²) in [6, 6.07) is 0. The van der Waals surface area contributed by atoms with Crippen molar-refractivity contribution in [2.24, 2.45) is 5.92 Å². The minimum absolute atomic E-state index is 0.0921. The molecule has 2 aliphatic heterocycles. The first-order valence-electron chi connectivity index (χ1n) is 7.73. The zero-order valence-electron chi connectivity index (χ0n) is 13.3. The van der Waals surface area contributed by atoms with E-state index >= 15 is 0 Å². The highest BCUT2D eigenvalue weighted by Gasteiger charge is 2.61. The van der Waals surface area contributed by atoms with E-state index in [4.69, 9.17) is 14.2 Å². The molecule has 2 heterocycles. The van der Waals surface area contributed by atoms with E-state index in [-0.39, 0.29) is 41.8 Å². The lowest BCUT2D eigenvalue weighted by molar-refractivity contribution is -0.146. The van der Waals surface area contributed by atoms with Crippen LogP contribution in [-0.2, 0) is 23.8 Å². The molecule has 2 saturated heterocycles. The summed E-state index contributed by atoms with van der Waals surface area (Å²) in [5.74, 6) is -0.866. The van der Waals surface area contributed by atoms with Gasteiger partial charge < -0.3 is 14.2 Å². The first kappa shape index (κ1) is 15.3. The Morgan fingerprint density at radius 2 is 2.23 bits per heavy atom. The van der Waals surface area contributed by atoms with Gasteiger partial charge in [-0.25, -0.2) is 4.79 Å². The summed E-state index contributed by atoms with van der Waals surface area (Å²) in [5, 5.41) is 0. The lowest BCUT2D eigenvalue weighted by Crippen LogP contribution is -2.32. The maximum Gasteiger partial charge on any atom is 0.334 e. The predicted molar refractivity (Wildman–Crippen MR) is 79.0 cm³/mol. The molecule has 0 saturated carbocycles. The fraction of sp³-hybridized carbons (Fsp3) is 0.647. The van der Waals surface area contributed by atoms with Crippen LogP contribution in [0.25, 0.3) is 0 Å². The Kier molecular flexibility index (Phi) is 3.63. The first-order chi connectivity index (χ1) is 10.3. The van der Waals surface area contributed by atoms with Crippen LogP contribution in [0.5, 0.6) is 0 Å². The van der Waals surface area contributed by atoms with Gasteiger partial charge in [0.1, 0.15) is 18.3 Å². The molecule has 5 atom stereocenters. The van der Waals surface area contributed by atoms with Gasteiger partial charge in [-0.2, -0.15) is 0 Å². The topological polar surface area (TPSA) is 65.1 Å². The highest BCUT2D eigenvalue weighted by Crippen LogP contribution is 2.50. The molecular weight excluding hydrogens is 284 g/mol. The monoisotopic (exact) mass is 306 g/mol. The Morgan fingerprint density at radius 3 is 2.91 bits per heavy atom. The number of allylic oxidation sites excluding steroid dienone is 1. The molecule has 3 rings (SSSR count). The largest absolute Gasteiger partial charge is 0.458 e. The highest BCUT2D eigenvalue weighted by atomic mass is 16.6. The van der Waals surface area contributed by atoms with Crippen LogP contribution in [-0.4, -0.2) is 35.9 Å². The summed E-state index contributed by atoms with van der Waals surface area (Å²) in [5.41, 5.74) is 1.22. The van der Waals surface area contributed by atoms with Crippen molar-refractivity contribution in [1.29, 1.82) is 0 Å². The van der Waals surface area contributed by atoms with Crippen LogP contribution < -0.4 is 0 Å². The van der Waals surface area contributed by atoms with Gasteiger partial charge in [0, 0.05) is 18.4 Å². The highest BCUT2D eigenvalue weighted by molar-refractivity contribution is 5.91. The Labute approximate surface area is 130 Å². The molecule has 120 valence electrons.